The number of carbonyl (C=O) groups excluding carboxylic acids is 2. The lowest BCUT2D eigenvalue weighted by molar-refractivity contribution is 0.0853. The van der Waals surface area contributed by atoms with Crippen LogP contribution >= 0.6 is 0 Å². The van der Waals surface area contributed by atoms with Crippen LogP contribution in [-0.2, 0) is 0 Å². The fourth-order valence-electron chi connectivity index (χ4n) is 3.90. The van der Waals surface area contributed by atoms with Crippen LogP contribution in [0.25, 0.3) is 0 Å². The Balaban J connectivity index is 2.07. The highest BCUT2D eigenvalue weighted by Gasteiger charge is 2.30. The molecule has 144 valence electrons. The van der Waals surface area contributed by atoms with Crippen LogP contribution in [0.3, 0.4) is 0 Å². The van der Waals surface area contributed by atoms with Gasteiger partial charge in [-0.05, 0) is 81.7 Å². The van der Waals surface area contributed by atoms with Crippen LogP contribution in [0.2, 0.25) is 0 Å². The third-order valence-electron chi connectivity index (χ3n) is 6.21. The third-order valence-corrected chi connectivity index (χ3v) is 6.21. The maximum Gasteiger partial charge on any atom is 0.317 e. The summed E-state index contributed by atoms with van der Waals surface area (Å²) in [5.41, 5.74) is 6.89. The molecule has 0 aromatic heterocycles. The number of rotatable bonds is 5. The van der Waals surface area contributed by atoms with Crippen LogP contribution in [-0.4, -0.2) is 36.3 Å². The Bertz CT molecular complexity index is 657. The van der Waals surface area contributed by atoms with Crippen molar-refractivity contribution in [1.82, 2.24) is 10.2 Å². The number of ketones is 1. The zero-order valence-electron chi connectivity index (χ0n) is 17.3. The van der Waals surface area contributed by atoms with E-state index in [4.69, 9.17) is 0 Å². The molecule has 4 heteroatoms. The van der Waals surface area contributed by atoms with Crippen molar-refractivity contribution in [3.8, 4) is 0 Å². The van der Waals surface area contributed by atoms with Crippen molar-refractivity contribution < 1.29 is 9.59 Å². The monoisotopic (exact) mass is 358 g/mol. The molecule has 1 aromatic rings. The number of benzene rings is 1. The van der Waals surface area contributed by atoms with Gasteiger partial charge >= 0.3 is 6.03 Å². The summed E-state index contributed by atoms with van der Waals surface area (Å²) in [4.78, 5) is 27.3. The van der Waals surface area contributed by atoms with E-state index in [-0.39, 0.29) is 17.7 Å². The number of amides is 2. The van der Waals surface area contributed by atoms with Crippen LogP contribution < -0.4 is 5.32 Å². The molecule has 0 saturated carbocycles. The quantitative estimate of drug-likeness (QED) is 0.616. The first-order valence-electron chi connectivity index (χ1n) is 9.93. The maximum atomic E-state index is 13.2. The standard InChI is InChI=1S/C22H34N2O2/c1-7-8-11-23-22(26)24-12-9-19(10-13-24)21(25)20-17(5)15(3)14(2)16(4)18(20)6/h19H,7-13H2,1-6H3,(H,23,26). The summed E-state index contributed by atoms with van der Waals surface area (Å²) >= 11 is 0. The molecule has 0 aliphatic carbocycles. The van der Waals surface area contributed by atoms with E-state index in [2.05, 4.69) is 46.9 Å². The van der Waals surface area contributed by atoms with Crippen molar-refractivity contribution >= 4 is 11.8 Å². The van der Waals surface area contributed by atoms with E-state index in [9.17, 15) is 9.59 Å². The number of hydrogen-bond donors (Lipinski definition) is 1. The van der Waals surface area contributed by atoms with Gasteiger partial charge in [0, 0.05) is 31.1 Å². The molecule has 1 N–H and O–H groups in total. The lowest BCUT2D eigenvalue weighted by Gasteiger charge is -2.32. The topological polar surface area (TPSA) is 49.4 Å². The van der Waals surface area contributed by atoms with E-state index in [0.29, 0.717) is 13.1 Å². The Labute approximate surface area is 158 Å². The highest BCUT2D eigenvalue weighted by atomic mass is 16.2. The molecule has 1 aliphatic rings. The van der Waals surface area contributed by atoms with E-state index in [0.717, 1.165) is 48.9 Å². The number of nitrogens with zero attached hydrogens (tertiary/aromatic N) is 1. The minimum absolute atomic E-state index is 0.0127. The van der Waals surface area contributed by atoms with Crippen LogP contribution in [0.5, 0.6) is 0 Å². The Morgan fingerprint density at radius 2 is 1.42 bits per heavy atom. The van der Waals surface area contributed by atoms with Crippen LogP contribution in [0.4, 0.5) is 4.79 Å². The van der Waals surface area contributed by atoms with E-state index >= 15 is 0 Å². The molecule has 1 aliphatic heterocycles. The number of unbranched alkanes of at least 4 members (excludes halogenated alkanes) is 1. The van der Waals surface area contributed by atoms with E-state index in [1.807, 2.05) is 4.90 Å². The van der Waals surface area contributed by atoms with Crippen molar-refractivity contribution in [3.05, 3.63) is 33.4 Å². The zero-order valence-corrected chi connectivity index (χ0v) is 17.3. The number of hydrogen-bond acceptors (Lipinski definition) is 2. The minimum atomic E-state index is 0.0127. The predicted octanol–water partition coefficient (Wildman–Crippen LogP) is 4.63. The fourth-order valence-corrected chi connectivity index (χ4v) is 3.90. The number of piperidine rings is 1. The first-order chi connectivity index (χ1) is 12.3. The van der Waals surface area contributed by atoms with E-state index in [1.165, 1.54) is 16.7 Å². The summed E-state index contributed by atoms with van der Waals surface area (Å²) in [6.45, 7) is 14.7. The molecule has 0 bridgehead atoms. The minimum Gasteiger partial charge on any atom is -0.338 e. The van der Waals surface area contributed by atoms with Crippen molar-refractivity contribution in [2.45, 2.75) is 67.2 Å². The summed E-state index contributed by atoms with van der Waals surface area (Å²) in [7, 11) is 0. The number of likely N-dealkylation sites (tertiary alicyclic amines) is 1. The smallest absolute Gasteiger partial charge is 0.317 e. The van der Waals surface area contributed by atoms with Gasteiger partial charge < -0.3 is 10.2 Å². The average Bonchev–Trinajstić information content (AvgIpc) is 2.65. The van der Waals surface area contributed by atoms with Crippen molar-refractivity contribution in [2.24, 2.45) is 5.92 Å². The van der Waals surface area contributed by atoms with Crippen molar-refractivity contribution in [2.75, 3.05) is 19.6 Å². The molecular formula is C22H34N2O2. The van der Waals surface area contributed by atoms with Gasteiger partial charge in [0.15, 0.2) is 5.78 Å². The number of Topliss-reactive ketones (excluding diaryl/α,β-unsaturated/α-hetero) is 1. The third kappa shape index (κ3) is 4.11. The number of carbonyl (C=O) groups is 2. The normalized spacial score (nSPS) is 15.2. The Morgan fingerprint density at radius 3 is 1.92 bits per heavy atom. The molecule has 2 amide bonds. The average molecular weight is 359 g/mol. The Kier molecular flexibility index (Phi) is 6.85. The summed E-state index contributed by atoms with van der Waals surface area (Å²) in [6, 6.07) is 0.0127. The van der Waals surface area contributed by atoms with Gasteiger partial charge in [0.05, 0.1) is 0 Å². The van der Waals surface area contributed by atoms with Gasteiger partial charge in [-0.1, -0.05) is 13.3 Å². The fraction of sp³-hybridized carbons (Fsp3) is 0.636. The molecule has 1 aromatic carbocycles. The second kappa shape index (κ2) is 8.70. The van der Waals surface area contributed by atoms with Gasteiger partial charge in [-0.25, -0.2) is 4.79 Å². The molecule has 0 spiro atoms. The molecule has 26 heavy (non-hydrogen) atoms. The highest BCUT2D eigenvalue weighted by molar-refractivity contribution is 6.01. The summed E-state index contributed by atoms with van der Waals surface area (Å²) < 4.78 is 0. The first kappa shape index (κ1) is 20.5. The zero-order chi connectivity index (χ0) is 19.4. The van der Waals surface area contributed by atoms with Gasteiger partial charge in [-0.15, -0.1) is 0 Å². The molecule has 0 radical (unpaired) electrons. The van der Waals surface area contributed by atoms with Crippen molar-refractivity contribution in [1.29, 1.82) is 0 Å². The Hall–Kier alpha value is -1.84. The molecule has 1 heterocycles. The molecule has 1 fully saturated rings. The van der Waals surface area contributed by atoms with Crippen LogP contribution in [0, 0.1) is 40.5 Å². The molecule has 1 saturated heterocycles. The number of nitrogens with one attached hydrogen (secondary N) is 1. The van der Waals surface area contributed by atoms with Gasteiger partial charge in [0.1, 0.15) is 0 Å². The summed E-state index contributed by atoms with van der Waals surface area (Å²) in [5.74, 6) is 0.283. The SMILES string of the molecule is CCCCNC(=O)N1CCC(C(=O)c2c(C)c(C)c(C)c(C)c2C)CC1. The first-order valence-corrected chi connectivity index (χ1v) is 9.93. The molecular weight excluding hydrogens is 324 g/mol. The van der Waals surface area contributed by atoms with Gasteiger partial charge in [-0.3, -0.25) is 4.79 Å². The second-order valence-corrected chi connectivity index (χ2v) is 7.71. The van der Waals surface area contributed by atoms with Crippen LogP contribution in [0.15, 0.2) is 0 Å². The molecule has 0 atom stereocenters. The molecule has 4 nitrogen and oxygen atoms in total. The largest absolute Gasteiger partial charge is 0.338 e. The van der Waals surface area contributed by atoms with E-state index in [1.54, 1.807) is 0 Å². The lowest BCUT2D eigenvalue weighted by Crippen LogP contribution is -2.45. The molecule has 0 unspecified atom stereocenters. The lowest BCUT2D eigenvalue weighted by atomic mass is 9.81. The molecule has 2 rings (SSSR count). The predicted molar refractivity (Wildman–Crippen MR) is 107 cm³/mol. The maximum absolute atomic E-state index is 13.2. The van der Waals surface area contributed by atoms with Gasteiger partial charge in [0.25, 0.3) is 0 Å². The van der Waals surface area contributed by atoms with Gasteiger partial charge in [0.2, 0.25) is 0 Å². The summed E-state index contributed by atoms with van der Waals surface area (Å²) in [5, 5.41) is 2.97. The van der Waals surface area contributed by atoms with Crippen molar-refractivity contribution in [3.63, 3.8) is 0 Å². The Morgan fingerprint density at radius 1 is 0.923 bits per heavy atom. The number of urea groups is 1. The van der Waals surface area contributed by atoms with E-state index < -0.39 is 0 Å². The second-order valence-electron chi connectivity index (χ2n) is 7.71. The van der Waals surface area contributed by atoms with Crippen LogP contribution in [0.1, 0.15) is 70.8 Å². The summed E-state index contributed by atoms with van der Waals surface area (Å²) in [6.07, 6.45) is 3.59. The van der Waals surface area contributed by atoms with Gasteiger partial charge in [-0.2, -0.15) is 0 Å². The highest BCUT2D eigenvalue weighted by Crippen LogP contribution is 2.30.